The van der Waals surface area contributed by atoms with Crippen LogP contribution in [0.25, 0.3) is 11.1 Å². The summed E-state index contributed by atoms with van der Waals surface area (Å²) in [6.07, 6.45) is 0. The van der Waals surface area contributed by atoms with E-state index in [9.17, 15) is 4.79 Å². The maximum atomic E-state index is 12.4. The predicted octanol–water partition coefficient (Wildman–Crippen LogP) is 5.70. The number of para-hydroxylation sites is 2. The summed E-state index contributed by atoms with van der Waals surface area (Å²) >= 11 is 24.9. The number of nitrogens with zero attached hydrogens (tertiary/aromatic N) is 1. The van der Waals surface area contributed by atoms with Crippen LogP contribution < -0.4 is 5.32 Å². The lowest BCUT2D eigenvalue weighted by Gasteiger charge is -2.23. The molecule has 1 N–H and O–H groups in total. The molecule has 9 heteroatoms. The highest BCUT2D eigenvalue weighted by molar-refractivity contribution is 8.00. The van der Waals surface area contributed by atoms with Gasteiger partial charge in [0.1, 0.15) is 10.9 Å². The van der Waals surface area contributed by atoms with Gasteiger partial charge in [-0.15, -0.1) is 0 Å². The van der Waals surface area contributed by atoms with Gasteiger partial charge in [-0.2, -0.15) is 0 Å². The quantitative estimate of drug-likeness (QED) is 0.324. The zero-order chi connectivity index (χ0) is 18.0. The molecule has 0 radical (unpaired) electrons. The summed E-state index contributed by atoms with van der Waals surface area (Å²) in [6, 6.07) is 13.6. The third-order valence-corrected chi connectivity index (χ3v) is 5.54. The number of fused-ring (bicyclic) bond motifs is 1. The Morgan fingerprint density at radius 3 is 2.44 bits per heavy atom. The molecule has 0 fully saturated rings. The average molecular weight is 436 g/mol. The zero-order valence-electron chi connectivity index (χ0n) is 12.4. The van der Waals surface area contributed by atoms with Gasteiger partial charge in [0.05, 0.1) is 0 Å². The first-order valence-corrected chi connectivity index (χ1v) is 9.37. The Morgan fingerprint density at radius 2 is 1.80 bits per heavy atom. The van der Waals surface area contributed by atoms with Crippen molar-refractivity contribution in [3.8, 4) is 0 Å². The van der Waals surface area contributed by atoms with Crippen molar-refractivity contribution >= 4 is 75.2 Å². The lowest BCUT2D eigenvalue weighted by molar-refractivity contribution is 0.0950. The second-order valence-electron chi connectivity index (χ2n) is 4.97. The first-order valence-electron chi connectivity index (χ1n) is 6.98. The molecule has 1 atom stereocenters. The van der Waals surface area contributed by atoms with Crippen molar-refractivity contribution < 1.29 is 9.21 Å². The van der Waals surface area contributed by atoms with Crippen LogP contribution in [0.15, 0.2) is 58.2 Å². The van der Waals surface area contributed by atoms with Crippen molar-refractivity contribution in [3.05, 3.63) is 59.1 Å². The minimum atomic E-state index is -1.77. The number of hydrogen-bond acceptors (Lipinski definition) is 4. The highest BCUT2D eigenvalue weighted by atomic mass is 35.6. The third-order valence-electron chi connectivity index (χ3n) is 3.16. The van der Waals surface area contributed by atoms with Crippen LogP contribution >= 0.6 is 58.2 Å². The van der Waals surface area contributed by atoms with Crippen molar-refractivity contribution in [3.63, 3.8) is 0 Å². The number of benzene rings is 2. The van der Waals surface area contributed by atoms with Crippen molar-refractivity contribution in [2.75, 3.05) is 0 Å². The van der Waals surface area contributed by atoms with E-state index in [0.29, 0.717) is 21.7 Å². The Bertz CT molecular complexity index is 860. The SMILES string of the molecule is O=C(NC(Sc1nc2ccccc2o1)C(Cl)(Cl)Cl)c1ccc(Cl)cc1. The monoisotopic (exact) mass is 434 g/mol. The molecule has 130 valence electrons. The molecule has 1 heterocycles. The number of nitrogens with one attached hydrogen (secondary N) is 1. The number of thioether (sulfide) groups is 1. The number of carbonyl (C=O) groups is 1. The van der Waals surface area contributed by atoms with Crippen LogP contribution in [-0.2, 0) is 0 Å². The number of hydrogen-bond donors (Lipinski definition) is 1. The van der Waals surface area contributed by atoms with Gasteiger partial charge >= 0.3 is 0 Å². The first-order chi connectivity index (χ1) is 11.8. The lowest BCUT2D eigenvalue weighted by Crippen LogP contribution is -2.41. The smallest absolute Gasteiger partial charge is 0.258 e. The van der Waals surface area contributed by atoms with Crippen LogP contribution in [0.1, 0.15) is 10.4 Å². The van der Waals surface area contributed by atoms with E-state index in [1.54, 1.807) is 36.4 Å². The van der Waals surface area contributed by atoms with Crippen LogP contribution in [-0.4, -0.2) is 20.1 Å². The molecule has 1 unspecified atom stereocenters. The van der Waals surface area contributed by atoms with Gasteiger partial charge in [-0.25, -0.2) is 4.98 Å². The van der Waals surface area contributed by atoms with E-state index in [2.05, 4.69) is 10.3 Å². The molecule has 0 aliphatic heterocycles. The van der Waals surface area contributed by atoms with Crippen LogP contribution in [0, 0.1) is 0 Å². The number of carbonyl (C=O) groups excluding carboxylic acids is 1. The van der Waals surface area contributed by atoms with E-state index in [1.165, 1.54) is 0 Å². The van der Waals surface area contributed by atoms with E-state index >= 15 is 0 Å². The minimum Gasteiger partial charge on any atom is -0.431 e. The molecule has 3 rings (SSSR count). The lowest BCUT2D eigenvalue weighted by atomic mass is 10.2. The third kappa shape index (κ3) is 4.74. The van der Waals surface area contributed by atoms with Gasteiger partial charge in [-0.05, 0) is 48.2 Å². The number of amides is 1. The maximum absolute atomic E-state index is 12.4. The normalized spacial score (nSPS) is 13.0. The largest absolute Gasteiger partial charge is 0.431 e. The van der Waals surface area contributed by atoms with Gasteiger partial charge in [-0.3, -0.25) is 4.79 Å². The van der Waals surface area contributed by atoms with Gasteiger partial charge in [0.25, 0.3) is 11.1 Å². The fourth-order valence-electron chi connectivity index (χ4n) is 1.98. The summed E-state index contributed by atoms with van der Waals surface area (Å²) in [5.74, 6) is -0.406. The first kappa shape index (κ1) is 18.7. The summed E-state index contributed by atoms with van der Waals surface area (Å²) < 4.78 is 3.83. The summed E-state index contributed by atoms with van der Waals surface area (Å²) in [4.78, 5) is 16.7. The van der Waals surface area contributed by atoms with Gasteiger partial charge in [-0.1, -0.05) is 58.5 Å². The summed E-state index contributed by atoms with van der Waals surface area (Å²) in [6.45, 7) is 0. The van der Waals surface area contributed by atoms with Gasteiger partial charge in [0.2, 0.25) is 3.79 Å². The fourth-order valence-corrected chi connectivity index (χ4v) is 3.46. The van der Waals surface area contributed by atoms with E-state index in [1.807, 2.05) is 12.1 Å². The van der Waals surface area contributed by atoms with E-state index < -0.39 is 15.1 Å². The topological polar surface area (TPSA) is 55.1 Å². The van der Waals surface area contributed by atoms with E-state index in [0.717, 1.165) is 11.8 Å². The molecular weight excluding hydrogens is 426 g/mol. The van der Waals surface area contributed by atoms with Crippen molar-refractivity contribution in [1.82, 2.24) is 10.3 Å². The molecule has 25 heavy (non-hydrogen) atoms. The van der Waals surface area contributed by atoms with Gasteiger partial charge in [0.15, 0.2) is 5.58 Å². The summed E-state index contributed by atoms with van der Waals surface area (Å²) in [7, 11) is 0. The van der Waals surface area contributed by atoms with Crippen molar-refractivity contribution in [1.29, 1.82) is 0 Å². The standard InChI is InChI=1S/C16H10Cl4N2O2S/c17-10-7-5-9(6-8-10)13(23)22-14(16(18,19)20)25-15-21-11-3-1-2-4-12(11)24-15/h1-8,14H,(H,22,23). The van der Waals surface area contributed by atoms with Gasteiger partial charge < -0.3 is 9.73 Å². The molecule has 0 aliphatic rings. The molecule has 4 nitrogen and oxygen atoms in total. The molecule has 0 spiro atoms. The number of alkyl halides is 3. The van der Waals surface area contributed by atoms with Crippen molar-refractivity contribution in [2.24, 2.45) is 0 Å². The predicted molar refractivity (Wildman–Crippen MR) is 103 cm³/mol. The molecule has 0 saturated carbocycles. The molecule has 1 aromatic heterocycles. The zero-order valence-corrected chi connectivity index (χ0v) is 16.2. The Morgan fingerprint density at radius 1 is 1.12 bits per heavy atom. The Balaban J connectivity index is 1.80. The minimum absolute atomic E-state index is 0.286. The van der Waals surface area contributed by atoms with Crippen LogP contribution in [0.3, 0.4) is 0 Å². The highest BCUT2D eigenvalue weighted by Crippen LogP contribution is 2.39. The van der Waals surface area contributed by atoms with E-state index in [-0.39, 0.29) is 5.22 Å². The van der Waals surface area contributed by atoms with Gasteiger partial charge in [0, 0.05) is 10.6 Å². The number of aromatic nitrogens is 1. The molecule has 2 aromatic carbocycles. The molecular formula is C16H10Cl4N2O2S. The van der Waals surface area contributed by atoms with E-state index in [4.69, 9.17) is 50.8 Å². The molecule has 0 bridgehead atoms. The fraction of sp³-hybridized carbons (Fsp3) is 0.125. The maximum Gasteiger partial charge on any atom is 0.258 e. The second kappa shape index (κ2) is 7.64. The molecule has 3 aromatic rings. The Labute approximate surface area is 167 Å². The molecule has 0 aliphatic carbocycles. The van der Waals surface area contributed by atoms with Crippen LogP contribution in [0.5, 0.6) is 0 Å². The molecule has 0 saturated heterocycles. The number of halogens is 4. The number of rotatable bonds is 4. The summed E-state index contributed by atoms with van der Waals surface area (Å²) in [5, 5.41) is 2.57. The van der Waals surface area contributed by atoms with Crippen molar-refractivity contribution in [2.45, 2.75) is 14.4 Å². The molecule has 1 amide bonds. The Kier molecular flexibility index (Phi) is 5.71. The number of oxazole rings is 1. The average Bonchev–Trinajstić information content (AvgIpc) is 2.96. The highest BCUT2D eigenvalue weighted by Gasteiger charge is 2.36. The second-order valence-corrected chi connectivity index (χ2v) is 8.83. The van der Waals surface area contributed by atoms with Crippen LogP contribution in [0.4, 0.5) is 0 Å². The Hall–Kier alpha value is -1.11. The summed E-state index contributed by atoms with van der Waals surface area (Å²) in [5.41, 5.74) is 1.68. The van der Waals surface area contributed by atoms with Crippen LogP contribution in [0.2, 0.25) is 5.02 Å².